The fourth-order valence-corrected chi connectivity index (χ4v) is 2.77. The number of rotatable bonds is 7. The lowest BCUT2D eigenvalue weighted by molar-refractivity contribution is -0.154. The molecule has 0 saturated heterocycles. The van der Waals surface area contributed by atoms with Crippen molar-refractivity contribution in [2.45, 2.75) is 64.9 Å². The van der Waals surface area contributed by atoms with E-state index < -0.39 is 5.60 Å². The quantitative estimate of drug-likeness (QED) is 0.407. The van der Waals surface area contributed by atoms with Crippen molar-refractivity contribution in [1.82, 2.24) is 15.5 Å². The Balaban J connectivity index is 2.49. The number of likely N-dealkylation sites (N-methyl/N-ethyl adjacent to an activating group) is 1. The normalized spacial score (nSPS) is 16.1. The fourth-order valence-electron chi connectivity index (χ4n) is 2.77. The van der Waals surface area contributed by atoms with Crippen LogP contribution in [-0.2, 0) is 14.3 Å². The lowest BCUT2D eigenvalue weighted by atomic mass is 9.89. The van der Waals surface area contributed by atoms with E-state index in [-0.39, 0.29) is 24.8 Å². The number of hydrogen-bond acceptors (Lipinski definition) is 4. The van der Waals surface area contributed by atoms with Crippen molar-refractivity contribution in [2.24, 2.45) is 10.9 Å². The van der Waals surface area contributed by atoms with E-state index in [0.717, 1.165) is 6.54 Å². The number of esters is 1. The molecule has 26 heavy (non-hydrogen) atoms. The molecule has 0 heterocycles. The highest BCUT2D eigenvalue weighted by Crippen LogP contribution is 2.22. The van der Waals surface area contributed by atoms with Gasteiger partial charge in [-0.15, -0.1) is 0 Å². The van der Waals surface area contributed by atoms with Gasteiger partial charge in [0, 0.05) is 27.2 Å². The van der Waals surface area contributed by atoms with Gasteiger partial charge < -0.3 is 20.3 Å². The maximum absolute atomic E-state index is 11.8. The summed E-state index contributed by atoms with van der Waals surface area (Å²) < 4.78 is 5.30. The van der Waals surface area contributed by atoms with Crippen molar-refractivity contribution in [1.29, 1.82) is 0 Å². The summed E-state index contributed by atoms with van der Waals surface area (Å²) in [6, 6.07) is 0. The van der Waals surface area contributed by atoms with Gasteiger partial charge in [0.05, 0.1) is 6.42 Å². The number of ether oxygens (including phenoxy) is 1. The minimum atomic E-state index is -0.481. The predicted molar refractivity (Wildman–Crippen MR) is 104 cm³/mol. The molecule has 0 atom stereocenters. The summed E-state index contributed by atoms with van der Waals surface area (Å²) in [6.07, 6.45) is 6.60. The molecule has 1 saturated carbocycles. The summed E-state index contributed by atoms with van der Waals surface area (Å²) in [6.45, 7) is 6.90. The molecule has 0 radical (unpaired) electrons. The largest absolute Gasteiger partial charge is 0.460 e. The number of carbonyl (C=O) groups excluding carboxylic acids is 2. The fraction of sp³-hybridized carbons (Fsp3) is 0.842. The van der Waals surface area contributed by atoms with E-state index in [4.69, 9.17) is 4.74 Å². The Hall–Kier alpha value is -1.79. The molecule has 1 rings (SSSR count). The molecule has 0 unspecified atom stereocenters. The Labute approximate surface area is 157 Å². The van der Waals surface area contributed by atoms with Gasteiger partial charge >= 0.3 is 5.97 Å². The van der Waals surface area contributed by atoms with Crippen molar-refractivity contribution in [3.05, 3.63) is 0 Å². The maximum atomic E-state index is 11.8. The minimum Gasteiger partial charge on any atom is -0.460 e. The molecule has 1 amide bonds. The van der Waals surface area contributed by atoms with Crippen LogP contribution < -0.4 is 10.6 Å². The van der Waals surface area contributed by atoms with E-state index in [9.17, 15) is 9.59 Å². The van der Waals surface area contributed by atoms with Crippen molar-refractivity contribution in [3.8, 4) is 0 Å². The van der Waals surface area contributed by atoms with Crippen LogP contribution in [0.25, 0.3) is 0 Å². The molecule has 0 aliphatic heterocycles. The number of aliphatic imine (C=N–C) groups is 1. The second kappa shape index (κ2) is 11.0. The third-order valence-corrected chi connectivity index (χ3v) is 4.20. The van der Waals surface area contributed by atoms with Crippen LogP contribution in [0, 0.1) is 5.92 Å². The number of guanidine groups is 1. The Kier molecular flexibility index (Phi) is 9.44. The average Bonchev–Trinajstić information content (AvgIpc) is 2.55. The summed E-state index contributed by atoms with van der Waals surface area (Å²) >= 11 is 0. The molecule has 0 aromatic heterocycles. The first-order valence-electron chi connectivity index (χ1n) is 9.61. The molecule has 2 N–H and O–H groups in total. The predicted octanol–water partition coefficient (Wildman–Crippen LogP) is 1.92. The molecule has 0 bridgehead atoms. The van der Waals surface area contributed by atoms with Gasteiger partial charge in [-0.25, -0.2) is 4.99 Å². The third kappa shape index (κ3) is 10.3. The second-order valence-electron chi connectivity index (χ2n) is 8.10. The van der Waals surface area contributed by atoms with Crippen LogP contribution in [0.15, 0.2) is 4.99 Å². The maximum Gasteiger partial charge on any atom is 0.308 e. The molecule has 1 aliphatic rings. The number of hydrogen-bond donors (Lipinski definition) is 2. The van der Waals surface area contributed by atoms with Crippen LogP contribution in [0.3, 0.4) is 0 Å². The summed E-state index contributed by atoms with van der Waals surface area (Å²) in [5.74, 6) is 0.914. The van der Waals surface area contributed by atoms with Gasteiger partial charge in [-0.3, -0.25) is 9.59 Å². The minimum absolute atomic E-state index is 0.0593. The first-order valence-corrected chi connectivity index (χ1v) is 9.61. The lowest BCUT2D eigenvalue weighted by Gasteiger charge is -2.23. The van der Waals surface area contributed by atoms with E-state index >= 15 is 0 Å². The van der Waals surface area contributed by atoms with Crippen LogP contribution in [0.5, 0.6) is 0 Å². The number of carbonyl (C=O) groups is 2. The lowest BCUT2D eigenvalue weighted by Crippen LogP contribution is -2.42. The highest BCUT2D eigenvalue weighted by Gasteiger charge is 2.17. The molecular formula is C19H36N4O3. The topological polar surface area (TPSA) is 83.0 Å². The van der Waals surface area contributed by atoms with Gasteiger partial charge in [0.15, 0.2) is 5.96 Å². The van der Waals surface area contributed by atoms with Crippen LogP contribution >= 0.6 is 0 Å². The Bertz CT molecular complexity index is 478. The molecule has 7 nitrogen and oxygen atoms in total. The van der Waals surface area contributed by atoms with Crippen molar-refractivity contribution in [2.75, 3.05) is 33.7 Å². The van der Waals surface area contributed by atoms with Crippen molar-refractivity contribution < 1.29 is 14.3 Å². The summed E-state index contributed by atoms with van der Waals surface area (Å²) in [5.41, 5.74) is -0.481. The monoisotopic (exact) mass is 368 g/mol. The van der Waals surface area contributed by atoms with Gasteiger partial charge in [0.25, 0.3) is 0 Å². The van der Waals surface area contributed by atoms with Crippen LogP contribution in [-0.4, -0.2) is 62.1 Å². The molecule has 0 spiro atoms. The Morgan fingerprint density at radius 2 is 1.77 bits per heavy atom. The smallest absolute Gasteiger partial charge is 0.308 e. The number of amides is 1. The van der Waals surface area contributed by atoms with Gasteiger partial charge in [-0.2, -0.15) is 0 Å². The molecule has 7 heteroatoms. The number of nitrogens with zero attached hydrogens (tertiary/aromatic N) is 2. The number of nitrogens with one attached hydrogen (secondary N) is 2. The zero-order chi connectivity index (χ0) is 19.6. The van der Waals surface area contributed by atoms with Crippen molar-refractivity contribution >= 4 is 17.8 Å². The Morgan fingerprint density at radius 1 is 1.12 bits per heavy atom. The molecule has 0 aromatic rings. The average molecular weight is 369 g/mol. The van der Waals surface area contributed by atoms with Crippen molar-refractivity contribution in [3.63, 3.8) is 0 Å². The third-order valence-electron chi connectivity index (χ3n) is 4.20. The molecule has 1 fully saturated rings. The highest BCUT2D eigenvalue weighted by atomic mass is 16.6. The van der Waals surface area contributed by atoms with Gasteiger partial charge in [0.1, 0.15) is 12.1 Å². The van der Waals surface area contributed by atoms with E-state index in [1.807, 2.05) is 20.8 Å². The SMILES string of the molecule is CN(C)C(=O)CN=C(NCCC(=O)OC(C)(C)C)NCC1CCCCC1. The first kappa shape index (κ1) is 22.3. The van der Waals surface area contributed by atoms with Gasteiger partial charge in [0.2, 0.25) is 5.91 Å². The molecule has 1 aliphatic carbocycles. The molecule has 0 aromatic carbocycles. The standard InChI is InChI=1S/C19H36N4O3/c1-19(2,3)26-17(25)11-12-20-18(22-14-16(24)23(4)5)21-13-15-9-7-6-8-10-15/h15H,6-14H2,1-5H3,(H2,20,21,22). The van der Waals surface area contributed by atoms with E-state index in [1.165, 1.54) is 37.0 Å². The molecular weight excluding hydrogens is 332 g/mol. The zero-order valence-electron chi connectivity index (χ0n) is 17.1. The van der Waals surface area contributed by atoms with Gasteiger partial charge in [-0.1, -0.05) is 19.3 Å². The van der Waals surface area contributed by atoms with Crippen LogP contribution in [0.1, 0.15) is 59.3 Å². The summed E-state index contributed by atoms with van der Waals surface area (Å²) in [4.78, 5) is 29.5. The summed E-state index contributed by atoms with van der Waals surface area (Å²) in [5, 5.41) is 6.46. The Morgan fingerprint density at radius 3 is 2.35 bits per heavy atom. The van der Waals surface area contributed by atoms with Crippen LogP contribution in [0.4, 0.5) is 0 Å². The molecule has 150 valence electrons. The van der Waals surface area contributed by atoms with E-state index in [1.54, 1.807) is 14.1 Å². The first-order chi connectivity index (χ1) is 12.2. The zero-order valence-corrected chi connectivity index (χ0v) is 17.1. The van der Waals surface area contributed by atoms with Crippen LogP contribution in [0.2, 0.25) is 0 Å². The highest BCUT2D eigenvalue weighted by molar-refractivity contribution is 5.85. The van der Waals surface area contributed by atoms with Gasteiger partial charge in [-0.05, 0) is 39.5 Å². The second-order valence-corrected chi connectivity index (χ2v) is 8.10. The summed E-state index contributed by atoms with van der Waals surface area (Å²) in [7, 11) is 3.42. The van der Waals surface area contributed by atoms with E-state index in [2.05, 4.69) is 15.6 Å². The van der Waals surface area contributed by atoms with E-state index in [0.29, 0.717) is 18.4 Å².